The highest BCUT2D eigenvalue weighted by molar-refractivity contribution is 5.20. The standard InChI is InChI=1S/C13H16O/c1-3-7-13(14-2)11-10-12-8-5-4-6-9-12/h3-9,11H,10H2,1-2H3/b7-3+,13-11+. The van der Waals surface area contributed by atoms with Crippen molar-refractivity contribution in [3.05, 3.63) is 59.9 Å². The lowest BCUT2D eigenvalue weighted by molar-refractivity contribution is 0.305. The van der Waals surface area contributed by atoms with Gasteiger partial charge in [-0.25, -0.2) is 0 Å². The third-order valence-corrected chi connectivity index (χ3v) is 1.95. The lowest BCUT2D eigenvalue weighted by Gasteiger charge is -2.00. The summed E-state index contributed by atoms with van der Waals surface area (Å²) in [6, 6.07) is 10.3. The van der Waals surface area contributed by atoms with E-state index in [1.807, 2.05) is 37.3 Å². The molecule has 0 saturated carbocycles. The number of methoxy groups -OCH3 is 1. The minimum absolute atomic E-state index is 0.911. The lowest BCUT2D eigenvalue weighted by atomic mass is 10.1. The van der Waals surface area contributed by atoms with Crippen molar-refractivity contribution in [1.29, 1.82) is 0 Å². The Kier molecular flexibility index (Phi) is 4.56. The molecule has 14 heavy (non-hydrogen) atoms. The van der Waals surface area contributed by atoms with Gasteiger partial charge in [-0.1, -0.05) is 36.4 Å². The minimum Gasteiger partial charge on any atom is -0.497 e. The smallest absolute Gasteiger partial charge is 0.114 e. The number of allylic oxidation sites excluding steroid dienone is 3. The molecule has 0 aliphatic rings. The number of ether oxygens (including phenoxy) is 1. The first-order valence-electron chi connectivity index (χ1n) is 4.77. The van der Waals surface area contributed by atoms with Crippen LogP contribution >= 0.6 is 0 Å². The van der Waals surface area contributed by atoms with E-state index in [2.05, 4.69) is 18.2 Å². The van der Waals surface area contributed by atoms with E-state index >= 15 is 0 Å². The van der Waals surface area contributed by atoms with Crippen molar-refractivity contribution in [3.8, 4) is 0 Å². The van der Waals surface area contributed by atoms with Crippen molar-refractivity contribution in [3.63, 3.8) is 0 Å². The largest absolute Gasteiger partial charge is 0.497 e. The average molecular weight is 188 g/mol. The molecule has 1 rings (SSSR count). The molecule has 0 aliphatic carbocycles. The van der Waals surface area contributed by atoms with Crippen LogP contribution in [0, 0.1) is 0 Å². The summed E-state index contributed by atoms with van der Waals surface area (Å²) in [5.41, 5.74) is 1.30. The first-order valence-corrected chi connectivity index (χ1v) is 4.77. The van der Waals surface area contributed by atoms with Gasteiger partial charge in [-0.3, -0.25) is 0 Å². The van der Waals surface area contributed by atoms with Gasteiger partial charge in [-0.05, 0) is 31.1 Å². The van der Waals surface area contributed by atoms with Crippen LogP contribution in [0.3, 0.4) is 0 Å². The second-order valence-electron chi connectivity index (χ2n) is 3.00. The van der Waals surface area contributed by atoms with E-state index in [0.717, 1.165) is 12.2 Å². The third-order valence-electron chi connectivity index (χ3n) is 1.95. The SMILES string of the molecule is C/C=C/C(=C\Cc1ccccc1)OC. The van der Waals surface area contributed by atoms with Crippen LogP contribution in [0.5, 0.6) is 0 Å². The Hall–Kier alpha value is -1.50. The van der Waals surface area contributed by atoms with E-state index in [0.29, 0.717) is 0 Å². The molecule has 0 bridgehead atoms. The maximum absolute atomic E-state index is 5.19. The minimum atomic E-state index is 0.911. The molecule has 0 aromatic heterocycles. The molecule has 0 amide bonds. The van der Waals surface area contributed by atoms with Gasteiger partial charge in [-0.15, -0.1) is 0 Å². The Bertz CT molecular complexity index is 309. The Morgan fingerprint density at radius 1 is 1.29 bits per heavy atom. The molecule has 74 valence electrons. The Morgan fingerprint density at radius 2 is 2.00 bits per heavy atom. The summed E-state index contributed by atoms with van der Waals surface area (Å²) in [6.07, 6.45) is 6.92. The second kappa shape index (κ2) is 6.03. The molecule has 0 aliphatic heterocycles. The summed E-state index contributed by atoms with van der Waals surface area (Å²) >= 11 is 0. The van der Waals surface area contributed by atoms with Gasteiger partial charge < -0.3 is 4.74 Å². The molecule has 0 heterocycles. The fourth-order valence-electron chi connectivity index (χ4n) is 1.22. The highest BCUT2D eigenvalue weighted by Gasteiger charge is 1.90. The quantitative estimate of drug-likeness (QED) is 0.520. The molecule has 1 aromatic rings. The summed E-state index contributed by atoms with van der Waals surface area (Å²) in [5, 5.41) is 0. The maximum Gasteiger partial charge on any atom is 0.114 e. The van der Waals surface area contributed by atoms with Crippen molar-refractivity contribution in [1.82, 2.24) is 0 Å². The van der Waals surface area contributed by atoms with Gasteiger partial charge in [0.2, 0.25) is 0 Å². The van der Waals surface area contributed by atoms with Crippen LogP contribution in [-0.4, -0.2) is 7.11 Å². The van der Waals surface area contributed by atoms with Crippen LogP contribution < -0.4 is 0 Å². The van der Waals surface area contributed by atoms with Gasteiger partial charge >= 0.3 is 0 Å². The number of benzene rings is 1. The number of hydrogen-bond acceptors (Lipinski definition) is 1. The van der Waals surface area contributed by atoms with Crippen LogP contribution in [0.1, 0.15) is 12.5 Å². The molecule has 1 aromatic carbocycles. The molecule has 0 N–H and O–H groups in total. The Balaban J connectivity index is 2.61. The summed E-state index contributed by atoms with van der Waals surface area (Å²) < 4.78 is 5.19. The van der Waals surface area contributed by atoms with Gasteiger partial charge in [0.25, 0.3) is 0 Å². The normalized spacial score (nSPS) is 12.0. The maximum atomic E-state index is 5.19. The zero-order chi connectivity index (χ0) is 10.2. The fourth-order valence-corrected chi connectivity index (χ4v) is 1.22. The molecular weight excluding hydrogens is 172 g/mol. The first-order chi connectivity index (χ1) is 6.86. The van der Waals surface area contributed by atoms with E-state index in [-0.39, 0.29) is 0 Å². The van der Waals surface area contributed by atoms with E-state index in [1.54, 1.807) is 7.11 Å². The lowest BCUT2D eigenvalue weighted by Crippen LogP contribution is -1.85. The van der Waals surface area contributed by atoms with Crippen molar-refractivity contribution in [2.75, 3.05) is 7.11 Å². The van der Waals surface area contributed by atoms with E-state index in [4.69, 9.17) is 4.74 Å². The predicted octanol–water partition coefficient (Wildman–Crippen LogP) is 3.34. The van der Waals surface area contributed by atoms with Crippen LogP contribution in [0.25, 0.3) is 0 Å². The van der Waals surface area contributed by atoms with E-state index < -0.39 is 0 Å². The van der Waals surface area contributed by atoms with Crippen molar-refractivity contribution >= 4 is 0 Å². The molecule has 0 radical (unpaired) electrons. The highest BCUT2D eigenvalue weighted by atomic mass is 16.5. The summed E-state index contributed by atoms with van der Waals surface area (Å²) in [4.78, 5) is 0. The van der Waals surface area contributed by atoms with Gasteiger partial charge in [0.1, 0.15) is 5.76 Å². The third kappa shape index (κ3) is 3.48. The van der Waals surface area contributed by atoms with E-state index in [1.165, 1.54) is 5.56 Å². The molecule has 0 saturated heterocycles. The molecule has 0 spiro atoms. The monoisotopic (exact) mass is 188 g/mol. The van der Waals surface area contributed by atoms with Crippen LogP contribution in [0.4, 0.5) is 0 Å². The zero-order valence-corrected chi connectivity index (χ0v) is 8.73. The van der Waals surface area contributed by atoms with E-state index in [9.17, 15) is 0 Å². The van der Waals surface area contributed by atoms with Gasteiger partial charge in [0, 0.05) is 0 Å². The highest BCUT2D eigenvalue weighted by Crippen LogP contribution is 2.04. The van der Waals surface area contributed by atoms with Crippen molar-refractivity contribution in [2.45, 2.75) is 13.3 Å². The topological polar surface area (TPSA) is 9.23 Å². The van der Waals surface area contributed by atoms with Crippen LogP contribution in [-0.2, 0) is 11.2 Å². The number of rotatable bonds is 4. The summed E-state index contributed by atoms with van der Waals surface area (Å²) in [7, 11) is 1.69. The predicted molar refractivity (Wildman–Crippen MR) is 60.1 cm³/mol. The average Bonchev–Trinajstić information content (AvgIpc) is 2.25. The first kappa shape index (κ1) is 10.6. The summed E-state index contributed by atoms with van der Waals surface area (Å²) in [6.45, 7) is 1.98. The molecular formula is C13H16O. The van der Waals surface area contributed by atoms with Crippen molar-refractivity contribution < 1.29 is 4.74 Å². The molecule has 0 atom stereocenters. The summed E-state index contributed by atoms with van der Waals surface area (Å²) in [5.74, 6) is 0.913. The Morgan fingerprint density at radius 3 is 2.57 bits per heavy atom. The van der Waals surface area contributed by atoms with Crippen LogP contribution in [0.2, 0.25) is 0 Å². The molecule has 0 fully saturated rings. The van der Waals surface area contributed by atoms with Gasteiger partial charge in [0.15, 0.2) is 0 Å². The van der Waals surface area contributed by atoms with Gasteiger partial charge in [0.05, 0.1) is 7.11 Å². The number of hydrogen-bond donors (Lipinski definition) is 0. The second-order valence-corrected chi connectivity index (χ2v) is 3.00. The Labute approximate surface area is 85.7 Å². The van der Waals surface area contributed by atoms with Crippen LogP contribution in [0.15, 0.2) is 54.3 Å². The van der Waals surface area contributed by atoms with Crippen molar-refractivity contribution in [2.24, 2.45) is 0 Å². The van der Waals surface area contributed by atoms with Gasteiger partial charge in [-0.2, -0.15) is 0 Å². The zero-order valence-electron chi connectivity index (χ0n) is 8.73. The fraction of sp³-hybridized carbons (Fsp3) is 0.231. The molecule has 1 heteroatoms. The molecule has 1 nitrogen and oxygen atoms in total. The molecule has 0 unspecified atom stereocenters.